The van der Waals surface area contributed by atoms with Crippen molar-refractivity contribution >= 4 is 56.0 Å². The van der Waals surface area contributed by atoms with Crippen LogP contribution in [0.1, 0.15) is 85.0 Å². The average molecular weight is 923 g/mol. The Balaban J connectivity index is 1.27. The Morgan fingerprint density at radius 3 is 1.53 bits per heavy atom. The molecule has 0 aromatic heterocycles. The van der Waals surface area contributed by atoms with Crippen molar-refractivity contribution in [2.24, 2.45) is 5.92 Å². The van der Waals surface area contributed by atoms with Gasteiger partial charge in [-0.3, -0.25) is 0 Å². The summed E-state index contributed by atoms with van der Waals surface area (Å²) >= 11 is 0. The second-order valence-corrected chi connectivity index (χ2v) is 25.5. The van der Waals surface area contributed by atoms with Gasteiger partial charge in [0.1, 0.15) is 0 Å². The summed E-state index contributed by atoms with van der Waals surface area (Å²) in [6.07, 6.45) is 2.82. The van der Waals surface area contributed by atoms with E-state index in [0.717, 1.165) is 19.3 Å². The third-order valence-corrected chi connectivity index (χ3v) is 21.0. The zero-order valence-corrected chi connectivity index (χ0v) is 40.7. The molecular weight excluding hydrogens is 857 g/mol. The van der Waals surface area contributed by atoms with Gasteiger partial charge in [-0.1, -0.05) is 149 Å². The molecule has 1 saturated carbocycles. The topological polar surface area (TPSA) is 155 Å². The second-order valence-electron chi connectivity index (χ2n) is 16.3. The lowest BCUT2D eigenvalue weighted by atomic mass is 10.00. The summed E-state index contributed by atoms with van der Waals surface area (Å²) in [4.78, 5) is 49.1. The number of hydrogen-bond acceptors (Lipinski definition) is 12. The van der Waals surface area contributed by atoms with Gasteiger partial charge in [-0.2, -0.15) is 0 Å². The van der Waals surface area contributed by atoms with Crippen LogP contribution in [0.2, 0.25) is 0 Å². The quantitative estimate of drug-likeness (QED) is 0.0773. The second kappa shape index (κ2) is 22.4. The molecule has 1 aliphatic carbocycles. The predicted octanol–water partition coefficient (Wildman–Crippen LogP) is 4.55. The molecule has 9 unspecified atom stereocenters. The fraction of sp³-hybridized carbons (Fsp3) is 0.478. The summed E-state index contributed by atoms with van der Waals surface area (Å²) in [5, 5.41) is 2.27. The van der Waals surface area contributed by atoms with Gasteiger partial charge in [-0.25, -0.2) is 0 Å². The largest absolute Gasteiger partial charge is 0.535 e. The summed E-state index contributed by atoms with van der Waals surface area (Å²) < 4.78 is 51.9. The first-order valence-electron chi connectivity index (χ1n) is 22.2. The zero-order valence-electron chi connectivity index (χ0n) is 36.7. The van der Waals surface area contributed by atoms with Crippen molar-refractivity contribution in [3.8, 4) is 0 Å². The van der Waals surface area contributed by atoms with Crippen LogP contribution in [-0.2, 0) is 35.4 Å². The van der Waals surface area contributed by atoms with Crippen molar-refractivity contribution in [1.29, 1.82) is 0 Å². The monoisotopic (exact) mass is 922 g/mol. The molecule has 4 aromatic carbocycles. The molecule has 0 bridgehead atoms. The van der Waals surface area contributed by atoms with Crippen molar-refractivity contribution < 1.29 is 54.6 Å². The molecule has 1 aliphatic heterocycles. The fourth-order valence-electron chi connectivity index (χ4n) is 8.23. The molecule has 1 heterocycles. The van der Waals surface area contributed by atoms with E-state index in [9.17, 15) is 19.2 Å². The third kappa shape index (κ3) is 12.3. The summed E-state index contributed by atoms with van der Waals surface area (Å²) in [6.45, 7) is 6.03. The molecule has 4 aromatic rings. The standard InChI is InChI=1S/C46H66O12Si4/c1-6-22-38(54-59(47,51-4)39-23-13-9-14-24-39)35-37(7-2)53-61(49,41-27-17-11-18-28-41)58-46(36-33-34-36)45-32-21-31-44(56-62(50,57-45)42-29-19-12-20-30-42)43(8-3)55-60(48,52-5)40-25-15-10-16-26-40/h9-20,23-30,36-38,43-50H,6-8,21-22,31-35H2,1-5H3/t37?,38?,43?,44?,45-,46?,59?,60?,61?,62?/m1/s1. The lowest BCUT2D eigenvalue weighted by molar-refractivity contribution is -0.0840. The van der Waals surface area contributed by atoms with E-state index in [1.807, 2.05) is 123 Å². The molecule has 10 atom stereocenters. The Morgan fingerprint density at radius 1 is 0.581 bits per heavy atom. The number of hydrogen-bond donors (Lipinski definition) is 4. The highest BCUT2D eigenvalue weighted by molar-refractivity contribution is 6.75. The van der Waals surface area contributed by atoms with E-state index >= 15 is 0 Å². The van der Waals surface area contributed by atoms with Gasteiger partial charge >= 0.3 is 35.2 Å². The van der Waals surface area contributed by atoms with Gasteiger partial charge in [0.25, 0.3) is 0 Å². The maximum absolute atomic E-state index is 12.9. The van der Waals surface area contributed by atoms with Crippen molar-refractivity contribution in [3.05, 3.63) is 121 Å². The third-order valence-electron chi connectivity index (χ3n) is 11.8. The van der Waals surface area contributed by atoms with Crippen LogP contribution in [0, 0.1) is 5.92 Å². The van der Waals surface area contributed by atoms with Gasteiger partial charge in [0.15, 0.2) is 0 Å². The van der Waals surface area contributed by atoms with Crippen molar-refractivity contribution in [2.75, 3.05) is 14.2 Å². The van der Waals surface area contributed by atoms with Crippen LogP contribution >= 0.6 is 0 Å². The molecule has 4 N–H and O–H groups in total. The van der Waals surface area contributed by atoms with Gasteiger partial charge in [0.05, 0.1) is 36.6 Å². The van der Waals surface area contributed by atoms with Gasteiger partial charge in [-0.05, 0) is 63.7 Å². The Morgan fingerprint density at radius 2 is 1.05 bits per heavy atom. The first kappa shape index (κ1) is 48.7. The summed E-state index contributed by atoms with van der Waals surface area (Å²) in [7, 11) is -13.2. The van der Waals surface area contributed by atoms with E-state index in [4.69, 9.17) is 35.4 Å². The molecule has 12 nitrogen and oxygen atoms in total. The van der Waals surface area contributed by atoms with E-state index in [1.54, 1.807) is 12.1 Å². The Hall–Kier alpha value is -2.73. The van der Waals surface area contributed by atoms with E-state index in [2.05, 4.69) is 6.92 Å². The minimum Gasteiger partial charge on any atom is -0.386 e. The highest BCUT2D eigenvalue weighted by atomic mass is 28.4. The molecule has 1 saturated heterocycles. The van der Waals surface area contributed by atoms with Crippen molar-refractivity contribution in [1.82, 2.24) is 0 Å². The molecule has 0 radical (unpaired) electrons. The fourth-order valence-corrected chi connectivity index (χ4v) is 16.4. The molecule has 2 aliphatic rings. The van der Waals surface area contributed by atoms with Crippen molar-refractivity contribution in [3.63, 3.8) is 0 Å². The maximum atomic E-state index is 12.9. The van der Waals surface area contributed by atoms with Crippen molar-refractivity contribution in [2.45, 2.75) is 122 Å². The Kier molecular flexibility index (Phi) is 17.6. The van der Waals surface area contributed by atoms with Crippen LogP contribution < -0.4 is 20.7 Å². The predicted molar refractivity (Wildman–Crippen MR) is 246 cm³/mol. The lowest BCUT2D eigenvalue weighted by Crippen LogP contribution is -2.65. The molecule has 0 amide bonds. The molecule has 62 heavy (non-hydrogen) atoms. The lowest BCUT2D eigenvalue weighted by Gasteiger charge is -2.42. The summed E-state index contributed by atoms with van der Waals surface area (Å²) in [5.74, 6) is 0.0562. The summed E-state index contributed by atoms with van der Waals surface area (Å²) in [6, 6.07) is 36.8. The average Bonchev–Trinajstić information content (AvgIpc) is 4.15. The van der Waals surface area contributed by atoms with Gasteiger partial charge in [-0.15, -0.1) is 0 Å². The van der Waals surface area contributed by atoms with Gasteiger partial charge < -0.3 is 54.6 Å². The number of rotatable bonds is 23. The van der Waals surface area contributed by atoms with Crippen LogP contribution in [0.5, 0.6) is 0 Å². The first-order valence-corrected chi connectivity index (χ1v) is 29.3. The minimum absolute atomic E-state index is 0.0562. The highest BCUT2D eigenvalue weighted by Crippen LogP contribution is 2.41. The van der Waals surface area contributed by atoms with Crippen LogP contribution in [0.3, 0.4) is 0 Å². The van der Waals surface area contributed by atoms with E-state index in [-0.39, 0.29) is 5.92 Å². The molecule has 0 spiro atoms. The van der Waals surface area contributed by atoms with Crippen LogP contribution in [0.4, 0.5) is 0 Å². The summed E-state index contributed by atoms with van der Waals surface area (Å²) in [5.41, 5.74) is 0. The Bertz CT molecular complexity index is 1910. The first-order chi connectivity index (χ1) is 29.9. The Labute approximate surface area is 372 Å². The maximum Gasteiger partial charge on any atom is 0.535 e. The van der Waals surface area contributed by atoms with Crippen LogP contribution in [-0.4, -0.2) is 105 Å². The van der Waals surface area contributed by atoms with E-state index in [0.29, 0.717) is 65.7 Å². The van der Waals surface area contributed by atoms with Crippen LogP contribution in [0.25, 0.3) is 0 Å². The normalized spacial score (nSPS) is 24.6. The SMILES string of the molecule is CCCC(CC(CC)O[Si](O)(OC(C1CC1)[C@H]1CCCC(C(CC)O[Si](O)(OC)c2ccccc2)O[Si](O)(c2ccccc2)O1)c1ccccc1)O[Si](O)(OC)c1ccccc1. The van der Waals surface area contributed by atoms with E-state index in [1.165, 1.54) is 14.2 Å². The molecule has 6 rings (SSSR count). The molecular formula is C46H66O12Si4. The van der Waals surface area contributed by atoms with Gasteiger partial charge in [0, 0.05) is 35.0 Å². The van der Waals surface area contributed by atoms with E-state index < -0.39 is 71.8 Å². The van der Waals surface area contributed by atoms with Gasteiger partial charge in [0.2, 0.25) is 0 Å². The molecule has 338 valence electrons. The molecule has 2 fully saturated rings. The smallest absolute Gasteiger partial charge is 0.386 e. The minimum atomic E-state index is -4.25. The van der Waals surface area contributed by atoms with Crippen LogP contribution in [0.15, 0.2) is 121 Å². The highest BCUT2D eigenvalue weighted by Gasteiger charge is 2.55. The number of benzene rings is 4. The zero-order chi connectivity index (χ0) is 44.2. The molecule has 16 heteroatoms.